The van der Waals surface area contributed by atoms with E-state index in [0.717, 1.165) is 12.1 Å². The van der Waals surface area contributed by atoms with Gasteiger partial charge < -0.3 is 4.74 Å². The van der Waals surface area contributed by atoms with Crippen molar-refractivity contribution < 1.29 is 17.9 Å². The molecule has 1 aliphatic heterocycles. The van der Waals surface area contributed by atoms with Crippen LogP contribution in [0, 0.1) is 0 Å². The van der Waals surface area contributed by atoms with Gasteiger partial charge in [0.05, 0.1) is 22.7 Å². The average Bonchev–Trinajstić information content (AvgIpc) is 2.69. The highest BCUT2D eigenvalue weighted by molar-refractivity contribution is 6.33. The fourth-order valence-corrected chi connectivity index (χ4v) is 1.56. The molecule has 0 amide bonds. The number of alkyl halides is 3. The van der Waals surface area contributed by atoms with Gasteiger partial charge in [-0.1, -0.05) is 11.6 Å². The van der Waals surface area contributed by atoms with Crippen molar-refractivity contribution in [3.05, 3.63) is 34.3 Å². The van der Waals surface area contributed by atoms with Crippen LogP contribution in [0.3, 0.4) is 0 Å². The van der Waals surface area contributed by atoms with Gasteiger partial charge in [-0.2, -0.15) is 13.2 Å². The highest BCUT2D eigenvalue weighted by Crippen LogP contribution is 2.32. The van der Waals surface area contributed by atoms with Crippen LogP contribution in [-0.4, -0.2) is 19.0 Å². The zero-order valence-corrected chi connectivity index (χ0v) is 8.77. The van der Waals surface area contributed by atoms with Gasteiger partial charge in [-0.15, -0.1) is 0 Å². The molecule has 0 atom stereocenters. The van der Waals surface area contributed by atoms with Gasteiger partial charge in [0.1, 0.15) is 6.61 Å². The third-order valence-electron chi connectivity index (χ3n) is 2.11. The Morgan fingerprint density at radius 2 is 2.06 bits per heavy atom. The molecule has 2 rings (SSSR count). The highest BCUT2D eigenvalue weighted by Gasteiger charge is 2.31. The summed E-state index contributed by atoms with van der Waals surface area (Å²) in [7, 11) is 0. The van der Waals surface area contributed by atoms with Crippen LogP contribution in [0.2, 0.25) is 5.02 Å². The molecule has 0 aromatic heterocycles. The molecule has 86 valence electrons. The molecule has 0 N–H and O–H groups in total. The van der Waals surface area contributed by atoms with Gasteiger partial charge in [-0.05, 0) is 18.2 Å². The summed E-state index contributed by atoms with van der Waals surface area (Å²) in [5, 5.41) is 0.202. The van der Waals surface area contributed by atoms with E-state index in [1.165, 1.54) is 6.07 Å². The Kier molecular flexibility index (Phi) is 2.80. The second kappa shape index (κ2) is 3.97. The molecule has 1 aliphatic rings. The lowest BCUT2D eigenvalue weighted by Crippen LogP contribution is -2.08. The summed E-state index contributed by atoms with van der Waals surface area (Å²) < 4.78 is 42.5. The molecule has 0 saturated heterocycles. The molecular formula is C10H7ClF3NO. The minimum atomic E-state index is -4.39. The Hall–Kier alpha value is -1.23. The maximum atomic E-state index is 12.5. The number of nitrogens with zero attached hydrogens (tertiary/aromatic N) is 1. The van der Waals surface area contributed by atoms with Crippen LogP contribution in [0.25, 0.3) is 0 Å². The molecule has 16 heavy (non-hydrogen) atoms. The Labute approximate surface area is 94.7 Å². The summed E-state index contributed by atoms with van der Waals surface area (Å²) in [5.74, 6) is 0.177. The minimum Gasteiger partial charge on any atom is -0.475 e. The molecule has 1 aromatic rings. The maximum absolute atomic E-state index is 12.5. The number of benzene rings is 1. The van der Waals surface area contributed by atoms with Crippen molar-refractivity contribution >= 4 is 17.5 Å². The first-order chi connectivity index (χ1) is 7.48. The minimum absolute atomic E-state index is 0.177. The first kappa shape index (κ1) is 11.3. The van der Waals surface area contributed by atoms with E-state index in [9.17, 15) is 13.2 Å². The van der Waals surface area contributed by atoms with Gasteiger partial charge in [0.25, 0.3) is 0 Å². The van der Waals surface area contributed by atoms with E-state index in [1.54, 1.807) is 0 Å². The van der Waals surface area contributed by atoms with E-state index in [2.05, 4.69) is 4.99 Å². The summed E-state index contributed by atoms with van der Waals surface area (Å²) in [6.45, 7) is 0.823. The Morgan fingerprint density at radius 3 is 2.62 bits per heavy atom. The van der Waals surface area contributed by atoms with Gasteiger partial charge in [0.2, 0.25) is 5.90 Å². The van der Waals surface area contributed by atoms with E-state index >= 15 is 0 Å². The maximum Gasteiger partial charge on any atom is 0.416 e. The standard InChI is InChI=1S/C10H7ClF3NO/c11-8-2-1-6(10(12,13)14)5-7(8)9-15-3-4-16-9/h1-2,5H,3-4H2. The number of aliphatic imine (C=N–C) groups is 1. The average molecular weight is 250 g/mol. The number of hydrogen-bond acceptors (Lipinski definition) is 2. The summed E-state index contributed by atoms with van der Waals surface area (Å²) in [4.78, 5) is 3.93. The molecule has 1 aromatic carbocycles. The number of rotatable bonds is 1. The molecule has 2 nitrogen and oxygen atoms in total. The van der Waals surface area contributed by atoms with E-state index in [0.29, 0.717) is 13.2 Å². The van der Waals surface area contributed by atoms with Crippen molar-refractivity contribution in [1.82, 2.24) is 0 Å². The first-order valence-electron chi connectivity index (χ1n) is 4.53. The molecular weight excluding hydrogens is 243 g/mol. The Balaban J connectivity index is 2.44. The summed E-state index contributed by atoms with van der Waals surface area (Å²) in [6, 6.07) is 3.08. The SMILES string of the molecule is FC(F)(F)c1ccc(Cl)c(C2=NCCO2)c1. The molecule has 0 aliphatic carbocycles. The van der Waals surface area contributed by atoms with Crippen LogP contribution < -0.4 is 0 Å². The van der Waals surface area contributed by atoms with Crippen LogP contribution >= 0.6 is 11.6 Å². The summed E-state index contributed by atoms with van der Waals surface area (Å²) >= 11 is 5.80. The monoisotopic (exact) mass is 249 g/mol. The zero-order valence-electron chi connectivity index (χ0n) is 8.01. The second-order valence-corrected chi connectivity index (χ2v) is 3.63. The van der Waals surface area contributed by atoms with Gasteiger partial charge in [0, 0.05) is 0 Å². The fourth-order valence-electron chi connectivity index (χ4n) is 1.36. The van der Waals surface area contributed by atoms with E-state index in [1.807, 2.05) is 0 Å². The van der Waals surface area contributed by atoms with Gasteiger partial charge >= 0.3 is 6.18 Å². The smallest absolute Gasteiger partial charge is 0.416 e. The van der Waals surface area contributed by atoms with Crippen LogP contribution in [0.1, 0.15) is 11.1 Å². The van der Waals surface area contributed by atoms with Crippen molar-refractivity contribution in [1.29, 1.82) is 0 Å². The number of halogens is 4. The van der Waals surface area contributed by atoms with Crippen molar-refractivity contribution in [3.8, 4) is 0 Å². The van der Waals surface area contributed by atoms with Crippen LogP contribution in [-0.2, 0) is 10.9 Å². The van der Waals surface area contributed by atoms with Crippen molar-refractivity contribution in [2.24, 2.45) is 4.99 Å². The topological polar surface area (TPSA) is 21.6 Å². The summed E-state index contributed by atoms with van der Waals surface area (Å²) in [5.41, 5.74) is -0.570. The zero-order chi connectivity index (χ0) is 11.8. The highest BCUT2D eigenvalue weighted by atomic mass is 35.5. The molecule has 0 bridgehead atoms. The fraction of sp³-hybridized carbons (Fsp3) is 0.300. The third-order valence-corrected chi connectivity index (χ3v) is 2.44. The van der Waals surface area contributed by atoms with E-state index < -0.39 is 11.7 Å². The lowest BCUT2D eigenvalue weighted by molar-refractivity contribution is -0.137. The van der Waals surface area contributed by atoms with Crippen molar-refractivity contribution in [2.45, 2.75) is 6.18 Å². The van der Waals surface area contributed by atoms with Crippen molar-refractivity contribution in [2.75, 3.05) is 13.2 Å². The van der Waals surface area contributed by atoms with E-state index in [4.69, 9.17) is 16.3 Å². The first-order valence-corrected chi connectivity index (χ1v) is 4.90. The van der Waals surface area contributed by atoms with Gasteiger partial charge in [0.15, 0.2) is 0 Å². The molecule has 0 saturated carbocycles. The molecule has 6 heteroatoms. The largest absolute Gasteiger partial charge is 0.475 e. The molecule has 0 spiro atoms. The van der Waals surface area contributed by atoms with Gasteiger partial charge in [-0.25, -0.2) is 4.99 Å². The Bertz CT molecular complexity index is 442. The number of ether oxygens (including phenoxy) is 1. The molecule has 1 heterocycles. The Morgan fingerprint density at radius 1 is 1.31 bits per heavy atom. The molecule has 0 fully saturated rings. The summed E-state index contributed by atoms with van der Waals surface area (Å²) in [6.07, 6.45) is -4.39. The molecule has 0 radical (unpaired) electrons. The van der Waals surface area contributed by atoms with Crippen LogP contribution in [0.5, 0.6) is 0 Å². The predicted molar refractivity (Wildman–Crippen MR) is 53.8 cm³/mol. The number of hydrogen-bond donors (Lipinski definition) is 0. The lowest BCUT2D eigenvalue weighted by atomic mass is 10.1. The predicted octanol–water partition coefficient (Wildman–Crippen LogP) is 3.14. The van der Waals surface area contributed by atoms with E-state index in [-0.39, 0.29) is 16.5 Å². The quantitative estimate of drug-likeness (QED) is 0.749. The van der Waals surface area contributed by atoms with Crippen LogP contribution in [0.15, 0.2) is 23.2 Å². The van der Waals surface area contributed by atoms with Crippen LogP contribution in [0.4, 0.5) is 13.2 Å². The van der Waals surface area contributed by atoms with Gasteiger partial charge in [-0.3, -0.25) is 0 Å². The van der Waals surface area contributed by atoms with Crippen molar-refractivity contribution in [3.63, 3.8) is 0 Å². The lowest BCUT2D eigenvalue weighted by Gasteiger charge is -2.10. The molecule has 0 unspecified atom stereocenters. The third kappa shape index (κ3) is 2.14. The normalized spacial score (nSPS) is 15.9. The second-order valence-electron chi connectivity index (χ2n) is 3.23.